The van der Waals surface area contributed by atoms with E-state index in [0.717, 1.165) is 16.0 Å². The Morgan fingerprint density at radius 2 is 2.11 bits per heavy atom. The average molecular weight is 284 g/mol. The van der Waals surface area contributed by atoms with Gasteiger partial charge in [0.05, 0.1) is 6.10 Å². The molecule has 0 aliphatic rings. The molecule has 2 rings (SSSR count). The second kappa shape index (κ2) is 5.27. The summed E-state index contributed by atoms with van der Waals surface area (Å²) in [4.78, 5) is 11.1. The fourth-order valence-electron chi connectivity index (χ4n) is 1.75. The molecule has 3 N–H and O–H groups in total. The Balaban J connectivity index is 2.54. The highest BCUT2D eigenvalue weighted by atomic mass is 32.1. The van der Waals surface area contributed by atoms with Gasteiger partial charge in [-0.05, 0) is 23.1 Å². The van der Waals surface area contributed by atoms with Crippen molar-refractivity contribution in [2.75, 3.05) is 5.75 Å². The Morgan fingerprint density at radius 3 is 2.72 bits per heavy atom. The van der Waals surface area contributed by atoms with Gasteiger partial charge >= 0.3 is 5.97 Å². The molecule has 0 radical (unpaired) electrons. The molecule has 96 valence electrons. The fourth-order valence-corrected chi connectivity index (χ4v) is 2.89. The van der Waals surface area contributed by atoms with Crippen molar-refractivity contribution in [3.63, 3.8) is 0 Å². The Labute approximate surface area is 113 Å². The molecular weight excluding hydrogens is 272 g/mol. The summed E-state index contributed by atoms with van der Waals surface area (Å²) in [5.41, 5.74) is 0.526. The lowest BCUT2D eigenvalue weighted by Gasteiger charge is -2.16. The van der Waals surface area contributed by atoms with Crippen LogP contribution >= 0.6 is 24.0 Å². The minimum absolute atomic E-state index is 0.132. The molecule has 0 aliphatic heterocycles. The summed E-state index contributed by atoms with van der Waals surface area (Å²) in [5, 5.41) is 29.2. The van der Waals surface area contributed by atoms with Crippen LogP contribution in [0.1, 0.15) is 21.3 Å². The zero-order chi connectivity index (χ0) is 13.3. The number of aliphatic hydroxyl groups is 2. The van der Waals surface area contributed by atoms with Gasteiger partial charge in [0, 0.05) is 10.5 Å². The van der Waals surface area contributed by atoms with Gasteiger partial charge in [-0.1, -0.05) is 12.1 Å². The van der Waals surface area contributed by atoms with Crippen LogP contribution in [0.15, 0.2) is 24.3 Å². The molecule has 1 aromatic carbocycles. The lowest BCUT2D eigenvalue weighted by molar-refractivity contribution is 0.0347. The first-order chi connectivity index (χ1) is 8.54. The van der Waals surface area contributed by atoms with Crippen LogP contribution in [0, 0.1) is 0 Å². The predicted molar refractivity (Wildman–Crippen MR) is 73.6 cm³/mol. The van der Waals surface area contributed by atoms with Crippen LogP contribution in [-0.2, 0) is 0 Å². The molecule has 0 saturated heterocycles. The second-order valence-electron chi connectivity index (χ2n) is 3.87. The van der Waals surface area contributed by atoms with Crippen LogP contribution in [0.5, 0.6) is 0 Å². The number of carbonyl (C=O) groups is 1. The van der Waals surface area contributed by atoms with Gasteiger partial charge in [0.2, 0.25) is 0 Å². The van der Waals surface area contributed by atoms with Crippen molar-refractivity contribution < 1.29 is 20.1 Å². The van der Waals surface area contributed by atoms with Gasteiger partial charge in [-0.2, -0.15) is 12.6 Å². The normalized spacial score (nSPS) is 14.6. The summed E-state index contributed by atoms with van der Waals surface area (Å²) >= 11 is 5.08. The average Bonchev–Trinajstić information content (AvgIpc) is 2.80. The Kier molecular flexibility index (Phi) is 3.91. The number of carboxylic acid groups (broad SMARTS) is 1. The maximum Gasteiger partial charge on any atom is 0.345 e. The van der Waals surface area contributed by atoms with Crippen molar-refractivity contribution in [2.45, 2.75) is 12.2 Å². The maximum absolute atomic E-state index is 10.9. The molecule has 1 aromatic heterocycles. The summed E-state index contributed by atoms with van der Waals surface area (Å²) in [6.45, 7) is 0. The number of thiol groups is 1. The van der Waals surface area contributed by atoms with Crippen LogP contribution in [0.3, 0.4) is 0 Å². The molecule has 18 heavy (non-hydrogen) atoms. The highest BCUT2D eigenvalue weighted by Gasteiger charge is 2.20. The van der Waals surface area contributed by atoms with Crippen LogP contribution in [0.2, 0.25) is 0 Å². The topological polar surface area (TPSA) is 77.8 Å². The molecule has 0 amide bonds. The van der Waals surface area contributed by atoms with E-state index in [1.54, 1.807) is 18.2 Å². The molecule has 2 unspecified atom stereocenters. The van der Waals surface area contributed by atoms with E-state index in [0.29, 0.717) is 10.9 Å². The third kappa shape index (κ3) is 2.37. The van der Waals surface area contributed by atoms with Crippen LogP contribution < -0.4 is 0 Å². The van der Waals surface area contributed by atoms with E-state index in [1.807, 2.05) is 0 Å². The van der Waals surface area contributed by atoms with E-state index in [9.17, 15) is 15.0 Å². The summed E-state index contributed by atoms with van der Waals surface area (Å²) < 4.78 is 0.773. The van der Waals surface area contributed by atoms with Gasteiger partial charge in [0.1, 0.15) is 11.0 Å². The monoisotopic (exact) mass is 284 g/mol. The minimum Gasteiger partial charge on any atom is -0.477 e. The van der Waals surface area contributed by atoms with Crippen LogP contribution in [-0.4, -0.2) is 33.1 Å². The molecule has 0 saturated carbocycles. The predicted octanol–water partition coefficient (Wildman–Crippen LogP) is 1.92. The standard InChI is InChI=1S/C12H12O4S2/c13-8(5-17)11(14)6-2-1-3-9-7(6)4-10(18-9)12(15)16/h1-4,8,11,13-14,17H,5H2,(H,15,16). The van der Waals surface area contributed by atoms with Crippen molar-refractivity contribution in [1.82, 2.24) is 0 Å². The Morgan fingerprint density at radius 1 is 1.39 bits per heavy atom. The number of aliphatic hydroxyl groups excluding tert-OH is 2. The van der Waals surface area contributed by atoms with E-state index in [2.05, 4.69) is 12.6 Å². The third-order valence-electron chi connectivity index (χ3n) is 2.68. The lowest BCUT2D eigenvalue weighted by Crippen LogP contribution is -2.19. The number of hydrogen-bond acceptors (Lipinski definition) is 5. The van der Waals surface area contributed by atoms with Gasteiger partial charge in [0.25, 0.3) is 0 Å². The molecule has 2 aromatic rings. The van der Waals surface area contributed by atoms with Crippen molar-refractivity contribution in [3.05, 3.63) is 34.7 Å². The third-order valence-corrected chi connectivity index (χ3v) is 4.14. The number of fused-ring (bicyclic) bond motifs is 1. The van der Waals surface area contributed by atoms with Crippen molar-refractivity contribution in [1.29, 1.82) is 0 Å². The number of thiophene rings is 1. The maximum atomic E-state index is 10.9. The summed E-state index contributed by atoms with van der Waals surface area (Å²) in [6.07, 6.45) is -2.05. The highest BCUT2D eigenvalue weighted by Crippen LogP contribution is 2.32. The zero-order valence-corrected chi connectivity index (χ0v) is 11.0. The van der Waals surface area contributed by atoms with Crippen molar-refractivity contribution in [2.24, 2.45) is 0 Å². The fraction of sp³-hybridized carbons (Fsp3) is 0.250. The minimum atomic E-state index is -1.07. The molecule has 6 heteroatoms. The largest absolute Gasteiger partial charge is 0.477 e. The SMILES string of the molecule is O=C(O)c1cc2c(C(O)C(O)CS)cccc2s1. The summed E-state index contributed by atoms with van der Waals surface area (Å²) in [6, 6.07) is 6.72. The van der Waals surface area contributed by atoms with Gasteiger partial charge in [-0.3, -0.25) is 0 Å². The molecule has 0 fully saturated rings. The number of rotatable bonds is 4. The first-order valence-corrected chi connectivity index (χ1v) is 6.72. The summed E-state index contributed by atoms with van der Waals surface area (Å²) in [5.74, 6) is -0.862. The summed E-state index contributed by atoms with van der Waals surface area (Å²) in [7, 11) is 0. The molecule has 2 atom stereocenters. The van der Waals surface area contributed by atoms with Crippen molar-refractivity contribution in [3.8, 4) is 0 Å². The first-order valence-electron chi connectivity index (χ1n) is 5.27. The van der Waals surface area contributed by atoms with E-state index >= 15 is 0 Å². The second-order valence-corrected chi connectivity index (χ2v) is 5.32. The lowest BCUT2D eigenvalue weighted by atomic mass is 10.0. The van der Waals surface area contributed by atoms with E-state index in [1.165, 1.54) is 6.07 Å². The molecule has 0 aliphatic carbocycles. The number of aromatic carboxylic acids is 1. The molecule has 0 spiro atoms. The van der Waals surface area contributed by atoms with Crippen LogP contribution in [0.25, 0.3) is 10.1 Å². The first kappa shape index (κ1) is 13.4. The number of benzene rings is 1. The highest BCUT2D eigenvalue weighted by molar-refractivity contribution is 7.80. The van der Waals surface area contributed by atoms with Gasteiger partial charge < -0.3 is 15.3 Å². The Bertz CT molecular complexity index is 578. The number of carboxylic acids is 1. The molecular formula is C12H12O4S2. The van der Waals surface area contributed by atoms with Gasteiger partial charge in [-0.15, -0.1) is 11.3 Å². The smallest absolute Gasteiger partial charge is 0.345 e. The molecule has 0 bridgehead atoms. The molecule has 4 nitrogen and oxygen atoms in total. The number of hydrogen-bond donors (Lipinski definition) is 4. The zero-order valence-electron chi connectivity index (χ0n) is 9.28. The quantitative estimate of drug-likeness (QED) is 0.647. The van der Waals surface area contributed by atoms with Crippen LogP contribution in [0.4, 0.5) is 0 Å². The van der Waals surface area contributed by atoms with E-state index in [-0.39, 0.29) is 10.6 Å². The Hall–Kier alpha value is -1.08. The van der Waals surface area contributed by atoms with Crippen molar-refractivity contribution >= 4 is 40.0 Å². The molecule has 1 heterocycles. The van der Waals surface area contributed by atoms with Gasteiger partial charge in [0.15, 0.2) is 0 Å². The van der Waals surface area contributed by atoms with E-state index in [4.69, 9.17) is 5.11 Å². The van der Waals surface area contributed by atoms with E-state index < -0.39 is 18.2 Å². The van der Waals surface area contributed by atoms with Gasteiger partial charge in [-0.25, -0.2) is 4.79 Å².